The average molecular weight is 472 g/mol. The topological polar surface area (TPSA) is 122 Å². The van der Waals surface area contributed by atoms with Crippen LogP contribution >= 0.6 is 0 Å². The summed E-state index contributed by atoms with van der Waals surface area (Å²) in [6, 6.07) is 1.33. The maximum Gasteiger partial charge on any atom is 0.293 e. The Balaban J connectivity index is 1.43. The smallest absolute Gasteiger partial charge is 0.293 e. The molecule has 3 heterocycles. The van der Waals surface area contributed by atoms with Crippen LogP contribution in [0.5, 0.6) is 0 Å². The molecule has 0 atom stereocenters. The monoisotopic (exact) mass is 472 g/mol. The van der Waals surface area contributed by atoms with Crippen LogP contribution in [0.15, 0.2) is 18.3 Å². The number of aromatic nitrogens is 4. The first-order valence-corrected chi connectivity index (χ1v) is 10.6. The molecule has 34 heavy (non-hydrogen) atoms. The van der Waals surface area contributed by atoms with Crippen LogP contribution in [0.1, 0.15) is 57.1 Å². The lowest BCUT2D eigenvalue weighted by atomic mass is 10.0. The summed E-state index contributed by atoms with van der Waals surface area (Å²) in [5, 5.41) is 15.3. The molecule has 1 fully saturated rings. The number of H-pyrrole nitrogens is 1. The van der Waals surface area contributed by atoms with Crippen molar-refractivity contribution in [3.8, 4) is 0 Å². The minimum atomic E-state index is -1.64. The van der Waals surface area contributed by atoms with Crippen LogP contribution in [0.2, 0.25) is 0 Å². The molecular weight excluding hydrogens is 453 g/mol. The molecule has 2 aliphatic rings. The number of carbonyl (C=O) groups excluding carboxylic acids is 3. The molecule has 3 N–H and O–H groups in total. The highest BCUT2D eigenvalue weighted by Crippen LogP contribution is 2.44. The van der Waals surface area contributed by atoms with Gasteiger partial charge in [-0.25, -0.2) is 13.2 Å². The first-order valence-electron chi connectivity index (χ1n) is 10.6. The number of Topliss-reactive ketones (excluding diaryl/α,β-unsaturated/α-hetero) is 1. The van der Waals surface area contributed by atoms with E-state index in [0.29, 0.717) is 55.7 Å². The lowest BCUT2D eigenvalue weighted by molar-refractivity contribution is -0.118. The summed E-state index contributed by atoms with van der Waals surface area (Å²) in [5.41, 5.74) is 0.578. The third kappa shape index (κ3) is 3.45. The van der Waals surface area contributed by atoms with E-state index in [-0.39, 0.29) is 22.5 Å². The predicted octanol–water partition coefficient (Wildman–Crippen LogP) is 2.52. The van der Waals surface area contributed by atoms with Gasteiger partial charge in [0.15, 0.2) is 17.5 Å². The second-order valence-corrected chi connectivity index (χ2v) is 8.48. The highest BCUT2D eigenvalue weighted by Gasteiger charge is 2.49. The molecule has 1 aliphatic heterocycles. The molecule has 0 unspecified atom stereocenters. The summed E-state index contributed by atoms with van der Waals surface area (Å²) in [7, 11) is 0. The van der Waals surface area contributed by atoms with Gasteiger partial charge in [-0.15, -0.1) is 5.10 Å². The number of hydrogen-bond donors (Lipinski definition) is 3. The van der Waals surface area contributed by atoms with E-state index in [1.165, 1.54) is 6.92 Å². The van der Waals surface area contributed by atoms with E-state index in [1.807, 2.05) is 0 Å². The summed E-state index contributed by atoms with van der Waals surface area (Å²) in [5.74, 6) is -6.86. The largest absolute Gasteiger partial charge is 0.340 e. The first-order chi connectivity index (χ1) is 16.2. The average Bonchev–Trinajstić information content (AvgIpc) is 3.14. The van der Waals surface area contributed by atoms with E-state index in [9.17, 15) is 27.6 Å². The van der Waals surface area contributed by atoms with E-state index < -0.39 is 40.6 Å². The Labute approximate surface area is 190 Å². The molecule has 0 radical (unpaired) electrons. The van der Waals surface area contributed by atoms with Gasteiger partial charge in [0.25, 0.3) is 17.6 Å². The Bertz CT molecular complexity index is 1320. The Morgan fingerprint density at radius 1 is 1.15 bits per heavy atom. The van der Waals surface area contributed by atoms with Gasteiger partial charge in [0.1, 0.15) is 11.4 Å². The molecule has 12 heteroatoms. The summed E-state index contributed by atoms with van der Waals surface area (Å²) >= 11 is 0. The summed E-state index contributed by atoms with van der Waals surface area (Å²) in [6.45, 7) is 1.97. The molecule has 0 saturated heterocycles. The quantitative estimate of drug-likeness (QED) is 0.289. The third-order valence-corrected chi connectivity index (χ3v) is 6.31. The van der Waals surface area contributed by atoms with Gasteiger partial charge < -0.3 is 15.2 Å². The fourth-order valence-corrected chi connectivity index (χ4v) is 4.52. The van der Waals surface area contributed by atoms with Gasteiger partial charge >= 0.3 is 0 Å². The number of amides is 2. The standard InChI is InChI=1S/C22H19F3N6O3/c1-10-16(19(32)21(34)28-22(4-5-22)15-9-26-30-29-15)14-3-2-6-31(14)18(10)20(33)27-11-7-12(23)17(25)13(24)8-11/h7-9H,2-6H2,1H3,(H,27,33)(H,28,34)(H,26,29,30). The van der Waals surface area contributed by atoms with Gasteiger partial charge in [-0.2, -0.15) is 0 Å². The zero-order valence-electron chi connectivity index (χ0n) is 18.0. The molecule has 1 saturated carbocycles. The number of aromatic amines is 1. The van der Waals surface area contributed by atoms with Gasteiger partial charge in [-0.1, -0.05) is 5.21 Å². The maximum absolute atomic E-state index is 13.6. The summed E-state index contributed by atoms with van der Waals surface area (Å²) in [6.07, 6.45) is 3.92. The van der Waals surface area contributed by atoms with E-state index in [2.05, 4.69) is 26.0 Å². The van der Waals surface area contributed by atoms with Crippen molar-refractivity contribution in [1.82, 2.24) is 25.3 Å². The normalized spacial score (nSPS) is 15.6. The molecule has 176 valence electrons. The third-order valence-electron chi connectivity index (χ3n) is 6.31. The van der Waals surface area contributed by atoms with Crippen molar-refractivity contribution >= 4 is 23.3 Å². The zero-order valence-corrected chi connectivity index (χ0v) is 18.0. The van der Waals surface area contributed by atoms with E-state index in [4.69, 9.17) is 0 Å². The number of benzene rings is 1. The molecule has 0 spiro atoms. The van der Waals surface area contributed by atoms with Crippen LogP contribution in [0, 0.1) is 24.4 Å². The summed E-state index contributed by atoms with van der Waals surface area (Å²) in [4.78, 5) is 39.1. The molecule has 1 aliphatic carbocycles. The van der Waals surface area contributed by atoms with Crippen molar-refractivity contribution in [2.24, 2.45) is 0 Å². The Hall–Kier alpha value is -3.96. The number of halogens is 3. The number of nitrogens with one attached hydrogen (secondary N) is 3. The molecule has 1 aromatic carbocycles. The van der Waals surface area contributed by atoms with Crippen molar-refractivity contribution in [2.45, 2.75) is 44.7 Å². The second-order valence-electron chi connectivity index (χ2n) is 8.48. The molecule has 3 aromatic rings. The van der Waals surface area contributed by atoms with Crippen LogP contribution in [0.25, 0.3) is 0 Å². The predicted molar refractivity (Wildman–Crippen MR) is 112 cm³/mol. The van der Waals surface area contributed by atoms with Crippen LogP contribution in [-0.2, 0) is 23.3 Å². The van der Waals surface area contributed by atoms with Gasteiger partial charge in [0.2, 0.25) is 0 Å². The van der Waals surface area contributed by atoms with Gasteiger partial charge in [-0.3, -0.25) is 19.5 Å². The Morgan fingerprint density at radius 3 is 2.47 bits per heavy atom. The minimum absolute atomic E-state index is 0.103. The van der Waals surface area contributed by atoms with Crippen molar-refractivity contribution in [1.29, 1.82) is 0 Å². The highest BCUT2D eigenvalue weighted by atomic mass is 19.2. The number of hydrogen-bond acceptors (Lipinski definition) is 5. The van der Waals surface area contributed by atoms with E-state index >= 15 is 0 Å². The molecular formula is C22H19F3N6O3. The Kier molecular flexibility index (Phi) is 5.03. The van der Waals surface area contributed by atoms with Crippen molar-refractivity contribution < 1.29 is 27.6 Å². The fraction of sp³-hybridized carbons (Fsp3) is 0.318. The van der Waals surface area contributed by atoms with Gasteiger partial charge in [-0.05, 0) is 38.2 Å². The first kappa shape index (κ1) is 21.9. The van der Waals surface area contributed by atoms with Crippen LogP contribution in [-0.4, -0.2) is 37.6 Å². The van der Waals surface area contributed by atoms with E-state index in [0.717, 1.165) is 0 Å². The van der Waals surface area contributed by atoms with Gasteiger partial charge in [0, 0.05) is 36.3 Å². The lowest BCUT2D eigenvalue weighted by Gasteiger charge is -2.14. The van der Waals surface area contributed by atoms with Crippen LogP contribution in [0.4, 0.5) is 18.9 Å². The zero-order chi connectivity index (χ0) is 24.2. The SMILES string of the molecule is Cc1c(C(=O)C(=O)NC2(c3c[nH]nn3)CC2)c2n(c1C(=O)Nc1cc(F)c(F)c(F)c1)CCC2. The number of anilines is 1. The van der Waals surface area contributed by atoms with Crippen molar-refractivity contribution in [3.05, 3.63) is 64.0 Å². The number of carbonyl (C=O) groups is 3. The molecule has 9 nitrogen and oxygen atoms in total. The molecule has 5 rings (SSSR count). The number of fused-ring (bicyclic) bond motifs is 1. The van der Waals surface area contributed by atoms with Crippen LogP contribution < -0.4 is 10.6 Å². The molecule has 2 aromatic heterocycles. The lowest BCUT2D eigenvalue weighted by Crippen LogP contribution is -2.40. The number of ketones is 1. The Morgan fingerprint density at radius 2 is 1.85 bits per heavy atom. The fourth-order valence-electron chi connectivity index (χ4n) is 4.52. The molecule has 0 bridgehead atoms. The molecule has 2 amide bonds. The van der Waals surface area contributed by atoms with Crippen molar-refractivity contribution in [2.75, 3.05) is 5.32 Å². The highest BCUT2D eigenvalue weighted by molar-refractivity contribution is 6.44. The summed E-state index contributed by atoms with van der Waals surface area (Å²) < 4.78 is 42.0. The van der Waals surface area contributed by atoms with E-state index in [1.54, 1.807) is 10.8 Å². The van der Waals surface area contributed by atoms with Crippen LogP contribution in [0.3, 0.4) is 0 Å². The minimum Gasteiger partial charge on any atom is -0.340 e. The van der Waals surface area contributed by atoms with Crippen molar-refractivity contribution in [3.63, 3.8) is 0 Å². The number of nitrogens with zero attached hydrogens (tertiary/aromatic N) is 3. The second kappa shape index (κ2) is 7.82. The maximum atomic E-state index is 13.6. The number of rotatable bonds is 6. The van der Waals surface area contributed by atoms with Gasteiger partial charge in [0.05, 0.1) is 11.1 Å².